The Morgan fingerprint density at radius 2 is 1.75 bits per heavy atom. The van der Waals surface area contributed by atoms with Gasteiger partial charge in [0.25, 0.3) is 0 Å². The van der Waals surface area contributed by atoms with Gasteiger partial charge in [-0.25, -0.2) is 0 Å². The van der Waals surface area contributed by atoms with Crippen LogP contribution in [0.2, 0.25) is 0 Å². The Labute approximate surface area is 97.2 Å². The second-order valence-corrected chi connectivity index (χ2v) is 5.28. The summed E-state index contributed by atoms with van der Waals surface area (Å²) < 4.78 is 0. The number of hydrogen-bond acceptors (Lipinski definition) is 2. The van der Waals surface area contributed by atoms with Gasteiger partial charge in [0, 0.05) is 17.8 Å². The summed E-state index contributed by atoms with van der Waals surface area (Å²) in [5.74, 6) is 0. The van der Waals surface area contributed by atoms with Crippen molar-refractivity contribution in [2.75, 3.05) is 5.73 Å². The number of benzene rings is 1. The third-order valence-corrected chi connectivity index (χ3v) is 3.99. The quantitative estimate of drug-likeness (QED) is 0.744. The normalized spacial score (nSPS) is 24.9. The second kappa shape index (κ2) is 4.10. The molecule has 1 atom stereocenters. The number of hydrogen-bond donors (Lipinski definition) is 2. The van der Waals surface area contributed by atoms with E-state index in [4.69, 9.17) is 5.73 Å². The highest BCUT2D eigenvalue weighted by atomic mass is 15.0. The second-order valence-electron chi connectivity index (χ2n) is 5.28. The molecule has 1 aromatic carbocycles. The first-order valence-electron chi connectivity index (χ1n) is 6.44. The predicted octanol–water partition coefficient (Wildman–Crippen LogP) is 2.27. The molecule has 0 heterocycles. The van der Waals surface area contributed by atoms with Crippen LogP contribution in [0.1, 0.15) is 36.8 Å². The number of anilines is 1. The van der Waals surface area contributed by atoms with E-state index in [1.807, 2.05) is 6.07 Å². The first-order valence-corrected chi connectivity index (χ1v) is 6.44. The van der Waals surface area contributed by atoms with E-state index in [0.717, 1.165) is 18.2 Å². The van der Waals surface area contributed by atoms with Gasteiger partial charge in [-0.1, -0.05) is 18.9 Å². The average molecular weight is 216 g/mol. The van der Waals surface area contributed by atoms with Crippen LogP contribution in [0.5, 0.6) is 0 Å². The van der Waals surface area contributed by atoms with E-state index in [-0.39, 0.29) is 0 Å². The van der Waals surface area contributed by atoms with E-state index in [0.29, 0.717) is 6.04 Å². The first-order chi connectivity index (χ1) is 7.81. The van der Waals surface area contributed by atoms with Gasteiger partial charge < -0.3 is 11.1 Å². The zero-order chi connectivity index (χ0) is 11.0. The van der Waals surface area contributed by atoms with Gasteiger partial charge in [0.1, 0.15) is 0 Å². The number of nitrogen functional groups attached to an aromatic ring is 1. The van der Waals surface area contributed by atoms with Crippen LogP contribution in [-0.2, 0) is 12.8 Å². The van der Waals surface area contributed by atoms with Crippen LogP contribution in [-0.4, -0.2) is 12.1 Å². The van der Waals surface area contributed by atoms with E-state index in [1.54, 1.807) is 0 Å². The van der Waals surface area contributed by atoms with Gasteiger partial charge in [0.2, 0.25) is 0 Å². The summed E-state index contributed by atoms with van der Waals surface area (Å²) in [6.45, 7) is 0. The summed E-state index contributed by atoms with van der Waals surface area (Å²) in [4.78, 5) is 0. The predicted molar refractivity (Wildman–Crippen MR) is 67.4 cm³/mol. The van der Waals surface area contributed by atoms with Crippen LogP contribution in [0, 0.1) is 0 Å². The standard InChI is InChI=1S/C14H20N2/c15-12-6-5-10-8-14(9-11(10)7-12)16-13-3-1-2-4-13/h5-7,13-14,16H,1-4,8-9,15H2. The molecule has 0 saturated heterocycles. The fourth-order valence-electron chi connectivity index (χ4n) is 3.18. The molecule has 0 radical (unpaired) electrons. The highest BCUT2D eigenvalue weighted by Gasteiger charge is 2.25. The van der Waals surface area contributed by atoms with Crippen LogP contribution in [0.25, 0.3) is 0 Å². The molecule has 3 rings (SSSR count). The minimum absolute atomic E-state index is 0.653. The van der Waals surface area contributed by atoms with Crippen LogP contribution < -0.4 is 11.1 Å². The van der Waals surface area contributed by atoms with E-state index >= 15 is 0 Å². The lowest BCUT2D eigenvalue weighted by Gasteiger charge is -2.17. The zero-order valence-electron chi connectivity index (χ0n) is 9.71. The maximum atomic E-state index is 5.82. The van der Waals surface area contributed by atoms with Crippen LogP contribution in [0.15, 0.2) is 18.2 Å². The lowest BCUT2D eigenvalue weighted by Crippen LogP contribution is -2.37. The van der Waals surface area contributed by atoms with Crippen molar-refractivity contribution < 1.29 is 0 Å². The minimum Gasteiger partial charge on any atom is -0.399 e. The Bertz CT molecular complexity index is 380. The van der Waals surface area contributed by atoms with E-state index in [9.17, 15) is 0 Å². The van der Waals surface area contributed by atoms with Gasteiger partial charge in [-0.3, -0.25) is 0 Å². The molecule has 0 aromatic heterocycles. The van der Waals surface area contributed by atoms with Gasteiger partial charge >= 0.3 is 0 Å². The Morgan fingerprint density at radius 3 is 2.56 bits per heavy atom. The highest BCUT2D eigenvalue weighted by Crippen LogP contribution is 2.26. The third kappa shape index (κ3) is 1.94. The molecule has 1 unspecified atom stereocenters. The summed E-state index contributed by atoms with van der Waals surface area (Å²) in [5.41, 5.74) is 9.67. The monoisotopic (exact) mass is 216 g/mol. The molecule has 0 amide bonds. The van der Waals surface area contributed by atoms with Crippen LogP contribution in [0.4, 0.5) is 5.69 Å². The molecule has 0 spiro atoms. The maximum absolute atomic E-state index is 5.82. The molecule has 0 aliphatic heterocycles. The number of nitrogens with one attached hydrogen (secondary N) is 1. The molecular weight excluding hydrogens is 196 g/mol. The fourth-order valence-corrected chi connectivity index (χ4v) is 3.18. The van der Waals surface area contributed by atoms with Gasteiger partial charge in [-0.2, -0.15) is 0 Å². The number of fused-ring (bicyclic) bond motifs is 1. The summed E-state index contributed by atoms with van der Waals surface area (Å²) in [6.07, 6.45) is 7.90. The molecule has 86 valence electrons. The average Bonchev–Trinajstić information content (AvgIpc) is 2.86. The van der Waals surface area contributed by atoms with Gasteiger partial charge in [0.15, 0.2) is 0 Å². The number of rotatable bonds is 2. The summed E-state index contributed by atoms with van der Waals surface area (Å²) in [6, 6.07) is 7.79. The Balaban J connectivity index is 1.65. The van der Waals surface area contributed by atoms with Crippen molar-refractivity contribution in [2.45, 2.75) is 50.6 Å². The Morgan fingerprint density at radius 1 is 1.00 bits per heavy atom. The largest absolute Gasteiger partial charge is 0.399 e. The number of nitrogens with two attached hydrogens (primary N) is 1. The van der Waals surface area contributed by atoms with Gasteiger partial charge in [-0.05, 0) is 48.9 Å². The molecule has 0 bridgehead atoms. The lowest BCUT2D eigenvalue weighted by molar-refractivity contribution is 0.440. The van der Waals surface area contributed by atoms with Crippen LogP contribution in [0.3, 0.4) is 0 Å². The van der Waals surface area contributed by atoms with E-state index in [1.165, 1.54) is 43.2 Å². The van der Waals surface area contributed by atoms with Crippen molar-refractivity contribution in [3.8, 4) is 0 Å². The highest BCUT2D eigenvalue weighted by molar-refractivity contribution is 5.47. The van der Waals surface area contributed by atoms with Crippen molar-refractivity contribution >= 4 is 5.69 Å². The summed E-state index contributed by atoms with van der Waals surface area (Å²) in [5, 5.41) is 3.80. The molecule has 2 heteroatoms. The van der Waals surface area contributed by atoms with Crippen LogP contribution >= 0.6 is 0 Å². The molecule has 1 saturated carbocycles. The van der Waals surface area contributed by atoms with Crippen molar-refractivity contribution in [1.29, 1.82) is 0 Å². The molecule has 2 aliphatic rings. The molecule has 1 fully saturated rings. The molecule has 1 aromatic rings. The topological polar surface area (TPSA) is 38.0 Å². The summed E-state index contributed by atoms with van der Waals surface area (Å²) in [7, 11) is 0. The van der Waals surface area contributed by atoms with Crippen molar-refractivity contribution in [2.24, 2.45) is 0 Å². The minimum atomic E-state index is 0.653. The maximum Gasteiger partial charge on any atom is 0.0316 e. The van der Waals surface area contributed by atoms with Gasteiger partial charge in [-0.15, -0.1) is 0 Å². The molecule has 2 aliphatic carbocycles. The Kier molecular flexibility index (Phi) is 2.60. The lowest BCUT2D eigenvalue weighted by atomic mass is 10.1. The molecule has 2 nitrogen and oxygen atoms in total. The zero-order valence-corrected chi connectivity index (χ0v) is 9.71. The van der Waals surface area contributed by atoms with E-state index in [2.05, 4.69) is 17.4 Å². The molecule has 3 N–H and O–H groups in total. The molecule has 16 heavy (non-hydrogen) atoms. The smallest absolute Gasteiger partial charge is 0.0316 e. The van der Waals surface area contributed by atoms with Crippen molar-refractivity contribution in [3.63, 3.8) is 0 Å². The van der Waals surface area contributed by atoms with Crippen molar-refractivity contribution in [1.82, 2.24) is 5.32 Å². The third-order valence-electron chi connectivity index (χ3n) is 3.99. The van der Waals surface area contributed by atoms with Crippen molar-refractivity contribution in [3.05, 3.63) is 29.3 Å². The van der Waals surface area contributed by atoms with E-state index < -0.39 is 0 Å². The summed E-state index contributed by atoms with van der Waals surface area (Å²) >= 11 is 0. The molecular formula is C14H20N2. The Hall–Kier alpha value is -1.02. The van der Waals surface area contributed by atoms with Gasteiger partial charge in [0.05, 0.1) is 0 Å². The SMILES string of the molecule is Nc1ccc2c(c1)CC(NC1CCCC1)C2. The fraction of sp³-hybridized carbons (Fsp3) is 0.571. The first kappa shape index (κ1) is 10.2.